The highest BCUT2D eigenvalue weighted by atomic mass is 32.1. The maximum absolute atomic E-state index is 10.5. The van der Waals surface area contributed by atoms with Gasteiger partial charge >= 0.3 is 0 Å². The predicted molar refractivity (Wildman–Crippen MR) is 136 cm³/mol. The molecule has 0 atom stereocenters. The van der Waals surface area contributed by atoms with Gasteiger partial charge in [0.25, 0.3) is 0 Å². The van der Waals surface area contributed by atoms with Crippen molar-refractivity contribution < 1.29 is 5.21 Å². The summed E-state index contributed by atoms with van der Waals surface area (Å²) in [4.78, 5) is 0. The van der Waals surface area contributed by atoms with Gasteiger partial charge in [0.1, 0.15) is 0 Å². The van der Waals surface area contributed by atoms with E-state index in [1.807, 2.05) is 55.3 Å². The second kappa shape index (κ2) is 14.9. The fraction of sp³-hybridized carbons (Fsp3) is 0.407. The van der Waals surface area contributed by atoms with Crippen LogP contribution in [0.2, 0.25) is 0 Å². The van der Waals surface area contributed by atoms with Gasteiger partial charge in [-0.1, -0.05) is 93.1 Å². The van der Waals surface area contributed by atoms with Crippen molar-refractivity contribution in [3.63, 3.8) is 0 Å². The molecule has 4 rings (SSSR count). The summed E-state index contributed by atoms with van der Waals surface area (Å²) in [7, 11) is 0. The van der Waals surface area contributed by atoms with Crippen LogP contribution in [-0.2, 0) is 12.8 Å². The molecule has 0 saturated carbocycles. The van der Waals surface area contributed by atoms with E-state index < -0.39 is 0 Å². The largest absolute Gasteiger partial charge is 0.273 e. The highest BCUT2D eigenvalue weighted by molar-refractivity contribution is 7.80. The highest BCUT2D eigenvalue weighted by Gasteiger charge is 2.18. The third-order valence-corrected chi connectivity index (χ3v) is 5.72. The Hall–Kier alpha value is -2.01. The fourth-order valence-corrected chi connectivity index (χ4v) is 4.04. The number of rotatable bonds is 5. The van der Waals surface area contributed by atoms with Gasteiger partial charge in [-0.25, -0.2) is 0 Å². The summed E-state index contributed by atoms with van der Waals surface area (Å²) in [6.45, 7) is 5.84. The van der Waals surface area contributed by atoms with Gasteiger partial charge in [-0.2, -0.15) is 22.8 Å². The van der Waals surface area contributed by atoms with Crippen LogP contribution in [0, 0.1) is 0 Å². The number of hydrogen-bond acceptors (Lipinski definition) is 4. The van der Waals surface area contributed by atoms with Crippen LogP contribution < -0.4 is 0 Å². The molecule has 1 aliphatic carbocycles. The van der Waals surface area contributed by atoms with Gasteiger partial charge in [0, 0.05) is 18.8 Å². The Balaban J connectivity index is 0.000000363. The molecule has 2 aromatic rings. The summed E-state index contributed by atoms with van der Waals surface area (Å²) >= 11 is 4.41. The van der Waals surface area contributed by atoms with Crippen LogP contribution in [-0.4, -0.2) is 34.2 Å². The Kier molecular flexibility index (Phi) is 12.1. The van der Waals surface area contributed by atoms with E-state index in [2.05, 4.69) is 49.1 Å². The number of hydroxylamine groups is 1. The lowest BCUT2D eigenvalue weighted by atomic mass is 9.92. The molecule has 2 aliphatic rings. The number of thiol groups is 1. The van der Waals surface area contributed by atoms with Crippen LogP contribution in [0.4, 0.5) is 0 Å². The van der Waals surface area contributed by atoms with Gasteiger partial charge in [0.15, 0.2) is 0 Å². The molecule has 31 heavy (non-hydrogen) atoms. The zero-order valence-electron chi connectivity index (χ0n) is 19.1. The maximum Gasteiger partial charge on any atom is 0.0656 e. The molecule has 1 N–H and O–H groups in total. The van der Waals surface area contributed by atoms with Crippen molar-refractivity contribution in [1.82, 2.24) is 10.2 Å². The molecule has 2 aromatic carbocycles. The SMILES string of the molecule is CC.ON(/C(=C/Cc1cccc2c1C=CCC2)CS)N1CCCCC1.c1ccccc1. The first-order valence-electron chi connectivity index (χ1n) is 11.6. The molecule has 1 aliphatic heterocycles. The highest BCUT2D eigenvalue weighted by Crippen LogP contribution is 2.24. The quantitative estimate of drug-likeness (QED) is 0.397. The fourth-order valence-electron chi connectivity index (χ4n) is 3.79. The Bertz CT molecular complexity index is 771. The minimum atomic E-state index is 0.540. The van der Waals surface area contributed by atoms with Crippen LogP contribution in [0.5, 0.6) is 0 Å². The normalized spacial score (nSPS) is 15.7. The first kappa shape index (κ1) is 25.3. The molecule has 0 radical (unpaired) electrons. The molecule has 168 valence electrons. The average molecular weight is 439 g/mol. The number of allylic oxidation sites excluding steroid dienone is 2. The summed E-state index contributed by atoms with van der Waals surface area (Å²) in [6, 6.07) is 18.5. The van der Waals surface area contributed by atoms with Gasteiger partial charge in [0.05, 0.1) is 5.70 Å². The lowest BCUT2D eigenvalue weighted by Crippen LogP contribution is -2.43. The molecule has 1 heterocycles. The van der Waals surface area contributed by atoms with Crippen molar-refractivity contribution in [2.24, 2.45) is 0 Å². The zero-order valence-corrected chi connectivity index (χ0v) is 20.0. The van der Waals surface area contributed by atoms with Gasteiger partial charge in [-0.3, -0.25) is 5.21 Å². The average Bonchev–Trinajstić information content (AvgIpc) is 2.87. The Morgan fingerprint density at radius 3 is 2.26 bits per heavy atom. The van der Waals surface area contributed by atoms with E-state index in [1.54, 1.807) is 0 Å². The minimum absolute atomic E-state index is 0.540. The van der Waals surface area contributed by atoms with Crippen LogP contribution in [0.25, 0.3) is 6.08 Å². The van der Waals surface area contributed by atoms with Crippen LogP contribution in [0.15, 0.2) is 72.4 Å². The van der Waals surface area contributed by atoms with Crippen molar-refractivity contribution in [3.05, 3.63) is 89.1 Å². The number of fused-ring (bicyclic) bond motifs is 1. The van der Waals surface area contributed by atoms with Crippen LogP contribution in [0.3, 0.4) is 0 Å². The van der Waals surface area contributed by atoms with E-state index in [1.165, 1.54) is 28.3 Å². The molecular weight excluding hydrogens is 400 g/mol. The maximum atomic E-state index is 10.5. The molecule has 0 unspecified atom stereocenters. The molecule has 1 fully saturated rings. The topological polar surface area (TPSA) is 26.7 Å². The molecular formula is C27H38N2OS. The molecule has 0 aromatic heterocycles. The minimum Gasteiger partial charge on any atom is -0.273 e. The smallest absolute Gasteiger partial charge is 0.0656 e. The van der Waals surface area contributed by atoms with Crippen molar-refractivity contribution >= 4 is 18.7 Å². The lowest BCUT2D eigenvalue weighted by Gasteiger charge is -2.35. The summed E-state index contributed by atoms with van der Waals surface area (Å²) in [5, 5.41) is 13.8. The van der Waals surface area contributed by atoms with Gasteiger partial charge < -0.3 is 0 Å². The molecule has 0 amide bonds. The van der Waals surface area contributed by atoms with E-state index in [4.69, 9.17) is 0 Å². The molecule has 0 spiro atoms. The lowest BCUT2D eigenvalue weighted by molar-refractivity contribution is -0.222. The molecule has 1 saturated heterocycles. The van der Waals surface area contributed by atoms with E-state index in [0.717, 1.165) is 50.9 Å². The second-order valence-electron chi connectivity index (χ2n) is 7.45. The number of nitrogens with zero attached hydrogens (tertiary/aromatic N) is 2. The first-order chi connectivity index (χ1) is 15.3. The number of aryl methyl sites for hydroxylation is 1. The van der Waals surface area contributed by atoms with Crippen LogP contribution >= 0.6 is 12.6 Å². The van der Waals surface area contributed by atoms with Crippen molar-refractivity contribution in [3.8, 4) is 0 Å². The predicted octanol–water partition coefficient (Wildman–Crippen LogP) is 6.81. The number of hydrazine groups is 1. The summed E-state index contributed by atoms with van der Waals surface area (Å²) in [5.41, 5.74) is 4.98. The van der Waals surface area contributed by atoms with Crippen molar-refractivity contribution in [2.75, 3.05) is 18.8 Å². The van der Waals surface area contributed by atoms with Gasteiger partial charge in [-0.15, -0.1) is 0 Å². The molecule has 4 heteroatoms. The zero-order chi connectivity index (χ0) is 22.3. The van der Waals surface area contributed by atoms with Gasteiger partial charge in [0.2, 0.25) is 0 Å². The summed E-state index contributed by atoms with van der Waals surface area (Å²) in [6.07, 6.45) is 13.2. The summed E-state index contributed by atoms with van der Waals surface area (Å²) < 4.78 is 0. The van der Waals surface area contributed by atoms with E-state index in [-0.39, 0.29) is 0 Å². The van der Waals surface area contributed by atoms with E-state index in [9.17, 15) is 5.21 Å². The van der Waals surface area contributed by atoms with E-state index >= 15 is 0 Å². The number of hydrogen-bond donors (Lipinski definition) is 2. The monoisotopic (exact) mass is 438 g/mol. The first-order valence-corrected chi connectivity index (χ1v) is 12.2. The third kappa shape index (κ3) is 8.21. The third-order valence-electron chi connectivity index (χ3n) is 5.40. The van der Waals surface area contributed by atoms with Crippen LogP contribution in [0.1, 0.15) is 56.2 Å². The Morgan fingerprint density at radius 2 is 1.65 bits per heavy atom. The molecule has 3 nitrogen and oxygen atoms in total. The Morgan fingerprint density at radius 1 is 1.00 bits per heavy atom. The van der Waals surface area contributed by atoms with Gasteiger partial charge in [-0.05, 0) is 48.8 Å². The molecule has 0 bridgehead atoms. The Labute approximate surface area is 194 Å². The van der Waals surface area contributed by atoms with E-state index in [0.29, 0.717) is 5.75 Å². The van der Waals surface area contributed by atoms with Crippen molar-refractivity contribution in [2.45, 2.75) is 52.4 Å². The number of piperidine rings is 1. The second-order valence-corrected chi connectivity index (χ2v) is 7.76. The number of benzene rings is 2. The standard InChI is InChI=1S/C19H26N2OS.C6H6.C2H6/c22-21(20-13-4-1-5-14-20)18(15-23)12-11-17-9-6-8-16-7-2-3-10-19(16)17;1-2-4-6-5-3-1;1-2/h3,6,8-10,12,22-23H,1-2,4-5,7,11,13-15H2;1-6H;1-2H3/b18-12+;;. The summed E-state index contributed by atoms with van der Waals surface area (Å²) in [5.74, 6) is 0.540. The van der Waals surface area contributed by atoms with Crippen molar-refractivity contribution in [1.29, 1.82) is 0 Å².